The van der Waals surface area contributed by atoms with Gasteiger partial charge in [0.15, 0.2) is 0 Å². The van der Waals surface area contributed by atoms with Crippen molar-refractivity contribution in [2.24, 2.45) is 0 Å². The maximum absolute atomic E-state index is 12.3. The third-order valence-corrected chi connectivity index (χ3v) is 11.0. The molecule has 0 amide bonds. The Bertz CT molecular complexity index is 800. The van der Waals surface area contributed by atoms with Crippen LogP contribution in [0.25, 0.3) is 0 Å². The Hall–Kier alpha value is -2.17. The average Bonchev–Trinajstić information content (AvgIpc) is 2.82. The van der Waals surface area contributed by atoms with E-state index >= 15 is 0 Å². The molecule has 0 N–H and O–H groups in total. The zero-order chi connectivity index (χ0) is 21.6. The molecule has 1 aliphatic heterocycles. The molecule has 2 aromatic rings. The molecule has 0 fully saturated rings. The minimum atomic E-state index is -2.70. The van der Waals surface area contributed by atoms with Crippen molar-refractivity contribution in [1.82, 2.24) is 0 Å². The van der Waals surface area contributed by atoms with Crippen LogP contribution in [-0.4, -0.2) is 26.5 Å². The predicted molar refractivity (Wildman–Crippen MR) is 126 cm³/mol. The van der Waals surface area contributed by atoms with Gasteiger partial charge in [-0.15, -0.1) is 0 Å². The molecule has 160 valence electrons. The molecule has 0 aliphatic carbocycles. The van der Waals surface area contributed by atoms with Crippen molar-refractivity contribution >= 4 is 24.7 Å². The summed E-state index contributed by atoms with van der Waals surface area (Å²) in [5.41, 5.74) is 0. The minimum Gasteiger partial charge on any atom is -0.460 e. The summed E-state index contributed by atoms with van der Waals surface area (Å²) in [4.78, 5) is 12.3. The van der Waals surface area contributed by atoms with Crippen LogP contribution in [0.15, 0.2) is 72.8 Å². The summed E-state index contributed by atoms with van der Waals surface area (Å²) in [7, 11) is -2.70. The van der Waals surface area contributed by atoms with Crippen molar-refractivity contribution in [1.29, 1.82) is 0 Å². The van der Waals surface area contributed by atoms with Gasteiger partial charge in [0.25, 0.3) is 8.32 Å². The zero-order valence-corrected chi connectivity index (χ0v) is 19.6. The van der Waals surface area contributed by atoms with Crippen molar-refractivity contribution in [2.75, 3.05) is 0 Å². The van der Waals surface area contributed by atoms with Crippen LogP contribution in [0.5, 0.6) is 0 Å². The number of benzene rings is 2. The number of carbonyl (C=O) groups is 1. The van der Waals surface area contributed by atoms with E-state index in [1.807, 2.05) is 0 Å². The number of ether oxygens (including phenoxy) is 1. The maximum Gasteiger partial charge on any atom is 0.306 e. The highest BCUT2D eigenvalue weighted by molar-refractivity contribution is 6.99. The molecule has 3 rings (SSSR count). The summed E-state index contributed by atoms with van der Waals surface area (Å²) in [5.74, 6) is -0.135. The van der Waals surface area contributed by atoms with Gasteiger partial charge >= 0.3 is 5.97 Å². The topological polar surface area (TPSA) is 35.5 Å². The number of esters is 1. The van der Waals surface area contributed by atoms with Gasteiger partial charge in [-0.05, 0) is 34.7 Å². The molecular formula is C26H34O3Si. The lowest BCUT2D eigenvalue weighted by Crippen LogP contribution is -2.68. The summed E-state index contributed by atoms with van der Waals surface area (Å²) >= 11 is 0. The van der Waals surface area contributed by atoms with Gasteiger partial charge < -0.3 is 9.16 Å². The Kier molecular flexibility index (Phi) is 7.32. The molecule has 0 spiro atoms. The monoisotopic (exact) mass is 422 g/mol. The molecule has 0 aromatic heterocycles. The molecule has 1 aliphatic rings. The fourth-order valence-electron chi connectivity index (χ4n) is 4.39. The van der Waals surface area contributed by atoms with Crippen LogP contribution in [0, 0.1) is 0 Å². The van der Waals surface area contributed by atoms with Crippen molar-refractivity contribution in [3.8, 4) is 0 Å². The van der Waals surface area contributed by atoms with E-state index in [-0.39, 0.29) is 23.2 Å². The smallest absolute Gasteiger partial charge is 0.306 e. The Morgan fingerprint density at radius 2 is 1.53 bits per heavy atom. The van der Waals surface area contributed by atoms with E-state index in [9.17, 15) is 4.79 Å². The van der Waals surface area contributed by atoms with Gasteiger partial charge in [-0.1, -0.05) is 101 Å². The second kappa shape index (κ2) is 9.76. The van der Waals surface area contributed by atoms with Crippen molar-refractivity contribution in [3.63, 3.8) is 0 Å². The molecule has 0 bridgehead atoms. The molecule has 3 nitrogen and oxygen atoms in total. The summed E-state index contributed by atoms with van der Waals surface area (Å²) in [6.07, 6.45) is 6.45. The lowest BCUT2D eigenvalue weighted by Gasteiger charge is -2.46. The van der Waals surface area contributed by atoms with Crippen LogP contribution < -0.4 is 10.4 Å². The van der Waals surface area contributed by atoms with Gasteiger partial charge in [0.2, 0.25) is 0 Å². The van der Waals surface area contributed by atoms with E-state index in [2.05, 4.69) is 101 Å². The third kappa shape index (κ3) is 4.76. The second-order valence-electron chi connectivity index (χ2n) is 9.00. The van der Waals surface area contributed by atoms with Crippen molar-refractivity contribution < 1.29 is 14.0 Å². The molecule has 1 heterocycles. The van der Waals surface area contributed by atoms with Gasteiger partial charge in [0, 0.05) is 6.42 Å². The average molecular weight is 423 g/mol. The largest absolute Gasteiger partial charge is 0.460 e. The fourth-order valence-corrected chi connectivity index (χ4v) is 9.11. The summed E-state index contributed by atoms with van der Waals surface area (Å²) in [6, 6.07) is 21.3. The quantitative estimate of drug-likeness (QED) is 0.387. The third-order valence-electron chi connectivity index (χ3n) is 5.90. The zero-order valence-electron chi connectivity index (χ0n) is 18.6. The lowest BCUT2D eigenvalue weighted by molar-refractivity contribution is -0.154. The van der Waals surface area contributed by atoms with Gasteiger partial charge in [-0.3, -0.25) is 4.79 Å². The van der Waals surface area contributed by atoms with E-state index in [0.29, 0.717) is 6.42 Å². The van der Waals surface area contributed by atoms with Crippen LogP contribution in [0.2, 0.25) is 5.04 Å². The predicted octanol–water partition coefficient (Wildman–Crippen LogP) is 4.99. The number of cyclic esters (lactones) is 1. The van der Waals surface area contributed by atoms with Crippen LogP contribution in [0.1, 0.15) is 53.4 Å². The summed E-state index contributed by atoms with van der Waals surface area (Å²) < 4.78 is 13.2. The Labute approximate surface area is 182 Å². The van der Waals surface area contributed by atoms with Crippen LogP contribution in [0.4, 0.5) is 0 Å². The molecule has 0 saturated carbocycles. The van der Waals surface area contributed by atoms with Gasteiger partial charge in [0.05, 0.1) is 6.10 Å². The Balaban J connectivity index is 2.15. The molecule has 30 heavy (non-hydrogen) atoms. The van der Waals surface area contributed by atoms with E-state index in [1.165, 1.54) is 10.4 Å². The van der Waals surface area contributed by atoms with Crippen molar-refractivity contribution in [3.05, 3.63) is 72.8 Å². The number of hydrogen-bond acceptors (Lipinski definition) is 3. The fraction of sp³-hybridized carbons (Fsp3) is 0.423. The van der Waals surface area contributed by atoms with Crippen LogP contribution in [0.3, 0.4) is 0 Å². The molecule has 0 unspecified atom stereocenters. The SMILES string of the molecule is CC[C@@H]1OC(=O)CC/C=C\C[C@H]1O[Si](c1ccccc1)(c1ccccc1)C(C)(C)C. The number of rotatable bonds is 5. The molecule has 2 aromatic carbocycles. The molecule has 0 saturated heterocycles. The highest BCUT2D eigenvalue weighted by Gasteiger charge is 2.52. The molecule has 2 atom stereocenters. The normalized spacial score (nSPS) is 21.8. The first-order chi connectivity index (χ1) is 14.4. The molecular weight excluding hydrogens is 388 g/mol. The summed E-state index contributed by atoms with van der Waals surface area (Å²) in [6.45, 7) is 8.90. The first-order valence-corrected chi connectivity index (χ1v) is 12.9. The van der Waals surface area contributed by atoms with Crippen LogP contribution in [-0.2, 0) is 14.0 Å². The maximum atomic E-state index is 12.3. The highest BCUT2D eigenvalue weighted by atomic mass is 28.4. The number of hydrogen-bond donors (Lipinski definition) is 0. The first-order valence-electron chi connectivity index (χ1n) is 11.0. The van der Waals surface area contributed by atoms with E-state index in [1.54, 1.807) is 0 Å². The minimum absolute atomic E-state index is 0.111. The van der Waals surface area contributed by atoms with Gasteiger partial charge in [-0.25, -0.2) is 0 Å². The highest BCUT2D eigenvalue weighted by Crippen LogP contribution is 2.38. The summed E-state index contributed by atoms with van der Waals surface area (Å²) in [5, 5.41) is 2.38. The Morgan fingerprint density at radius 3 is 2.03 bits per heavy atom. The van der Waals surface area contributed by atoms with Crippen molar-refractivity contribution in [2.45, 2.75) is 70.6 Å². The molecule has 4 heteroatoms. The van der Waals surface area contributed by atoms with Gasteiger partial charge in [-0.2, -0.15) is 0 Å². The number of carbonyl (C=O) groups excluding carboxylic acids is 1. The number of allylic oxidation sites excluding steroid dienone is 1. The Morgan fingerprint density at radius 1 is 0.967 bits per heavy atom. The van der Waals surface area contributed by atoms with E-state index < -0.39 is 8.32 Å². The lowest BCUT2D eigenvalue weighted by atomic mass is 10.1. The van der Waals surface area contributed by atoms with E-state index in [0.717, 1.165) is 19.3 Å². The first kappa shape index (κ1) is 22.5. The second-order valence-corrected chi connectivity index (χ2v) is 13.3. The van der Waals surface area contributed by atoms with Crippen LogP contribution >= 0.6 is 0 Å². The van der Waals surface area contributed by atoms with E-state index in [4.69, 9.17) is 9.16 Å². The standard InChI is InChI=1S/C26H34O3Si/c1-5-23-24(19-13-8-14-20-25(27)28-23)29-30(26(2,3)4,21-15-9-6-10-16-21)22-17-11-7-12-18-22/h6-13,15-18,23-24H,5,14,19-20H2,1-4H3/b13-8-/t23-,24+/m0/s1. The van der Waals surface area contributed by atoms with Gasteiger partial charge in [0.1, 0.15) is 6.10 Å². The molecule has 0 radical (unpaired) electrons.